The van der Waals surface area contributed by atoms with E-state index in [1.165, 1.54) is 24.1 Å². The Hall–Kier alpha value is -2.45. The number of nitrogens with zero attached hydrogens (tertiary/aromatic N) is 4. The van der Waals surface area contributed by atoms with Crippen LogP contribution in [0.25, 0.3) is 0 Å². The molecule has 1 N–H and O–H groups in total. The second kappa shape index (κ2) is 11.0. The Bertz CT molecular complexity index is 1130. The van der Waals surface area contributed by atoms with Crippen LogP contribution in [0.1, 0.15) is 85.1 Å². The first-order valence-electron chi connectivity index (χ1n) is 14.7. The lowest BCUT2D eigenvalue weighted by Crippen LogP contribution is -2.41. The van der Waals surface area contributed by atoms with Crippen LogP contribution >= 0.6 is 0 Å². The number of aliphatic hydroxyl groups excluding tert-OH is 1. The van der Waals surface area contributed by atoms with Crippen molar-refractivity contribution in [1.82, 2.24) is 19.7 Å². The van der Waals surface area contributed by atoms with Crippen LogP contribution in [0.15, 0.2) is 18.3 Å². The highest BCUT2D eigenvalue weighted by Gasteiger charge is 2.56. The third-order valence-electron chi connectivity index (χ3n) is 9.58. The SMILES string of the molecule is Cc1cccnc1O[C@H]1CC[C@@H](CCn2nc(C(=O)N3CCC(OCCO)CC3)c3c2CC2C(C)C32)CC1. The molecule has 206 valence electrons. The summed E-state index contributed by atoms with van der Waals surface area (Å²) in [5, 5.41) is 14.0. The molecule has 3 fully saturated rings. The number of aryl methyl sites for hydroxylation is 2. The van der Waals surface area contributed by atoms with Gasteiger partial charge in [0.1, 0.15) is 6.10 Å². The molecule has 0 aromatic carbocycles. The van der Waals surface area contributed by atoms with Crippen molar-refractivity contribution >= 4 is 5.91 Å². The van der Waals surface area contributed by atoms with E-state index in [0.29, 0.717) is 43.4 Å². The van der Waals surface area contributed by atoms with Crippen molar-refractivity contribution < 1.29 is 19.4 Å². The molecule has 4 aliphatic rings. The van der Waals surface area contributed by atoms with Crippen LogP contribution in [0.2, 0.25) is 0 Å². The molecule has 3 atom stereocenters. The Kier molecular flexibility index (Phi) is 7.45. The summed E-state index contributed by atoms with van der Waals surface area (Å²) in [7, 11) is 0. The number of hydrogen-bond acceptors (Lipinski definition) is 6. The highest BCUT2D eigenvalue weighted by Crippen LogP contribution is 2.62. The second-order valence-electron chi connectivity index (χ2n) is 11.9. The highest BCUT2D eigenvalue weighted by atomic mass is 16.5. The zero-order valence-electron chi connectivity index (χ0n) is 22.8. The quantitative estimate of drug-likeness (QED) is 0.533. The first-order valence-corrected chi connectivity index (χ1v) is 14.7. The van der Waals surface area contributed by atoms with Gasteiger partial charge in [-0.3, -0.25) is 9.48 Å². The molecule has 3 heterocycles. The van der Waals surface area contributed by atoms with Crippen molar-refractivity contribution in [3.8, 4) is 5.88 Å². The monoisotopic (exact) mass is 522 g/mol. The van der Waals surface area contributed by atoms with Gasteiger partial charge in [0.15, 0.2) is 5.69 Å². The Morgan fingerprint density at radius 2 is 1.92 bits per heavy atom. The van der Waals surface area contributed by atoms with Gasteiger partial charge < -0.3 is 19.5 Å². The number of carbonyl (C=O) groups is 1. The summed E-state index contributed by atoms with van der Waals surface area (Å²) in [5.74, 6) is 3.43. The van der Waals surface area contributed by atoms with E-state index in [9.17, 15) is 4.79 Å². The molecule has 1 aliphatic heterocycles. The van der Waals surface area contributed by atoms with E-state index in [1.807, 2.05) is 11.0 Å². The maximum Gasteiger partial charge on any atom is 0.274 e. The fourth-order valence-corrected chi connectivity index (χ4v) is 7.17. The molecule has 3 unspecified atom stereocenters. The van der Waals surface area contributed by atoms with Crippen molar-refractivity contribution in [2.45, 2.75) is 89.9 Å². The van der Waals surface area contributed by atoms with E-state index < -0.39 is 0 Å². The predicted octanol–water partition coefficient (Wildman–Crippen LogP) is 4.13. The zero-order valence-corrected chi connectivity index (χ0v) is 22.8. The van der Waals surface area contributed by atoms with Crippen molar-refractivity contribution in [1.29, 1.82) is 0 Å². The summed E-state index contributed by atoms with van der Waals surface area (Å²) < 4.78 is 14.1. The van der Waals surface area contributed by atoms with Gasteiger partial charge in [-0.25, -0.2) is 4.98 Å². The molecule has 2 aromatic heterocycles. The summed E-state index contributed by atoms with van der Waals surface area (Å²) in [4.78, 5) is 20.0. The largest absolute Gasteiger partial charge is 0.474 e. The molecule has 0 spiro atoms. The maximum atomic E-state index is 13.6. The molecule has 8 heteroatoms. The summed E-state index contributed by atoms with van der Waals surface area (Å²) in [6.07, 6.45) is 10.5. The molecule has 8 nitrogen and oxygen atoms in total. The molecule has 38 heavy (non-hydrogen) atoms. The van der Waals surface area contributed by atoms with Gasteiger partial charge in [-0.15, -0.1) is 0 Å². The van der Waals surface area contributed by atoms with Crippen LogP contribution in [0.4, 0.5) is 0 Å². The van der Waals surface area contributed by atoms with Gasteiger partial charge in [0.2, 0.25) is 5.88 Å². The molecule has 1 saturated heterocycles. The van der Waals surface area contributed by atoms with Crippen molar-refractivity contribution in [2.75, 3.05) is 26.3 Å². The third kappa shape index (κ3) is 5.09. The lowest BCUT2D eigenvalue weighted by molar-refractivity contribution is -0.00568. The van der Waals surface area contributed by atoms with Crippen LogP contribution in [-0.2, 0) is 17.7 Å². The first kappa shape index (κ1) is 25.8. The van der Waals surface area contributed by atoms with E-state index in [4.69, 9.17) is 19.7 Å². The molecule has 3 aliphatic carbocycles. The zero-order chi connectivity index (χ0) is 26.2. The van der Waals surface area contributed by atoms with Gasteiger partial charge in [0, 0.05) is 42.7 Å². The topological polar surface area (TPSA) is 89.7 Å². The normalized spacial score (nSPS) is 28.7. The Balaban J connectivity index is 1.06. The summed E-state index contributed by atoms with van der Waals surface area (Å²) in [6.45, 7) is 7.08. The van der Waals surface area contributed by atoms with Gasteiger partial charge in [-0.2, -0.15) is 5.10 Å². The molecule has 0 radical (unpaired) electrons. The van der Waals surface area contributed by atoms with Crippen molar-refractivity contribution in [3.05, 3.63) is 40.8 Å². The molecular formula is C30H42N4O4. The Morgan fingerprint density at radius 3 is 2.66 bits per heavy atom. The minimum Gasteiger partial charge on any atom is -0.474 e. The van der Waals surface area contributed by atoms with E-state index in [0.717, 1.165) is 62.2 Å². The number of amides is 1. The molecule has 2 aromatic rings. The number of piperidine rings is 1. The fourth-order valence-electron chi connectivity index (χ4n) is 7.17. The van der Waals surface area contributed by atoms with E-state index in [1.54, 1.807) is 6.20 Å². The third-order valence-corrected chi connectivity index (χ3v) is 9.58. The number of aliphatic hydroxyl groups is 1. The summed E-state index contributed by atoms with van der Waals surface area (Å²) in [6, 6.07) is 4.00. The number of aromatic nitrogens is 3. The van der Waals surface area contributed by atoms with E-state index in [-0.39, 0.29) is 24.7 Å². The number of likely N-dealkylation sites (tertiary alicyclic amines) is 1. The maximum absolute atomic E-state index is 13.6. The molecule has 2 saturated carbocycles. The lowest BCUT2D eigenvalue weighted by atomic mass is 9.85. The Morgan fingerprint density at radius 1 is 1.13 bits per heavy atom. The molecule has 1 amide bonds. The number of hydrogen-bond donors (Lipinski definition) is 1. The smallest absolute Gasteiger partial charge is 0.274 e. The number of pyridine rings is 1. The average molecular weight is 523 g/mol. The minimum atomic E-state index is 0.0452. The predicted molar refractivity (Wildman–Crippen MR) is 143 cm³/mol. The molecule has 0 bridgehead atoms. The fraction of sp³-hybridized carbons (Fsp3) is 0.700. The first-order chi connectivity index (χ1) is 18.5. The molecule has 6 rings (SSSR count). The summed E-state index contributed by atoms with van der Waals surface area (Å²) in [5.41, 5.74) is 4.40. The van der Waals surface area contributed by atoms with Gasteiger partial charge in [-0.1, -0.05) is 13.0 Å². The van der Waals surface area contributed by atoms with Crippen LogP contribution in [-0.4, -0.2) is 69.2 Å². The van der Waals surface area contributed by atoms with Gasteiger partial charge >= 0.3 is 0 Å². The summed E-state index contributed by atoms with van der Waals surface area (Å²) >= 11 is 0. The van der Waals surface area contributed by atoms with Gasteiger partial charge in [-0.05, 0) is 88.0 Å². The number of ether oxygens (including phenoxy) is 2. The van der Waals surface area contributed by atoms with E-state index >= 15 is 0 Å². The standard InChI is InChI=1S/C30H42N4O4/c1-19-4-3-12-31-29(19)38-23-7-5-21(6-8-23)9-15-34-25-18-24-20(2)26(24)27(25)28(32-34)30(36)33-13-10-22(11-14-33)37-17-16-35/h3-4,12,20-24,26,35H,5-11,13-18H2,1-2H3/t20?,21-,23+,24?,26?. The number of carbonyl (C=O) groups excluding carboxylic acids is 1. The van der Waals surface area contributed by atoms with Gasteiger partial charge in [0.05, 0.1) is 19.3 Å². The van der Waals surface area contributed by atoms with Crippen LogP contribution < -0.4 is 4.74 Å². The highest BCUT2D eigenvalue weighted by molar-refractivity contribution is 5.95. The Labute approximate surface area is 225 Å². The van der Waals surface area contributed by atoms with Crippen molar-refractivity contribution in [2.24, 2.45) is 17.8 Å². The van der Waals surface area contributed by atoms with Gasteiger partial charge in [0.25, 0.3) is 5.91 Å². The van der Waals surface area contributed by atoms with Crippen LogP contribution in [0.5, 0.6) is 5.88 Å². The number of rotatable bonds is 9. The van der Waals surface area contributed by atoms with E-state index in [2.05, 4.69) is 29.6 Å². The van der Waals surface area contributed by atoms with Crippen LogP contribution in [0.3, 0.4) is 0 Å². The average Bonchev–Trinajstić information content (AvgIpc) is 3.25. The van der Waals surface area contributed by atoms with Crippen molar-refractivity contribution in [3.63, 3.8) is 0 Å². The number of fused-ring (bicyclic) bond motifs is 3. The lowest BCUT2D eigenvalue weighted by Gasteiger charge is -2.31. The molecular weight excluding hydrogens is 480 g/mol. The second-order valence-corrected chi connectivity index (χ2v) is 11.9. The van der Waals surface area contributed by atoms with Crippen LogP contribution in [0, 0.1) is 24.7 Å². The minimum absolute atomic E-state index is 0.0452.